The van der Waals surface area contributed by atoms with Crippen LogP contribution in [0.15, 0.2) is 18.2 Å². The van der Waals surface area contributed by atoms with Crippen LogP contribution in [-0.2, 0) is 29.0 Å². The summed E-state index contributed by atoms with van der Waals surface area (Å²) in [5.41, 5.74) is 3.94. The van der Waals surface area contributed by atoms with Gasteiger partial charge in [0.05, 0.1) is 5.92 Å². The number of rotatable bonds is 5. The molecule has 1 atom stereocenters. The van der Waals surface area contributed by atoms with Gasteiger partial charge in [0.1, 0.15) is 6.61 Å². The van der Waals surface area contributed by atoms with Gasteiger partial charge in [-0.3, -0.25) is 4.79 Å². The Hall–Kier alpha value is -1.31. The molecular weight excluding hydrogens is 284 g/mol. The van der Waals surface area contributed by atoms with E-state index in [1.165, 1.54) is 24.0 Å². The van der Waals surface area contributed by atoms with Crippen molar-refractivity contribution in [1.29, 1.82) is 0 Å². The van der Waals surface area contributed by atoms with Crippen LogP contribution in [0.2, 0.25) is 0 Å². The highest BCUT2D eigenvalue weighted by Crippen LogP contribution is 2.31. The Morgan fingerprint density at radius 1 is 1.13 bits per heavy atom. The van der Waals surface area contributed by atoms with Crippen molar-refractivity contribution in [1.82, 2.24) is 0 Å². The van der Waals surface area contributed by atoms with Crippen LogP contribution in [0, 0.1) is 11.3 Å². The Morgan fingerprint density at radius 3 is 2.17 bits per heavy atom. The van der Waals surface area contributed by atoms with E-state index in [9.17, 15) is 4.79 Å². The van der Waals surface area contributed by atoms with E-state index in [0.717, 1.165) is 24.8 Å². The number of hydrogen-bond donors (Lipinski definition) is 0. The number of carbonyl (C=O) groups is 1. The molecule has 0 aromatic heterocycles. The van der Waals surface area contributed by atoms with Crippen molar-refractivity contribution < 1.29 is 9.53 Å². The predicted molar refractivity (Wildman–Crippen MR) is 97.5 cm³/mol. The fourth-order valence-corrected chi connectivity index (χ4v) is 2.79. The summed E-state index contributed by atoms with van der Waals surface area (Å²) >= 11 is 0. The molecule has 0 heterocycles. The highest BCUT2D eigenvalue weighted by Gasteiger charge is 2.31. The Bertz CT molecular complexity index is 497. The van der Waals surface area contributed by atoms with Crippen molar-refractivity contribution in [3.8, 4) is 0 Å². The molecule has 0 aliphatic heterocycles. The number of esters is 1. The lowest BCUT2D eigenvalue weighted by Crippen LogP contribution is -2.30. The maximum Gasteiger partial charge on any atom is 0.309 e. The smallest absolute Gasteiger partial charge is 0.309 e. The van der Waals surface area contributed by atoms with Gasteiger partial charge in [0.25, 0.3) is 0 Å². The second kappa shape index (κ2) is 9.10. The van der Waals surface area contributed by atoms with Gasteiger partial charge in [-0.1, -0.05) is 72.6 Å². The third-order valence-electron chi connectivity index (χ3n) is 4.22. The van der Waals surface area contributed by atoms with Gasteiger partial charge in [-0.2, -0.15) is 0 Å². The van der Waals surface area contributed by atoms with Crippen molar-refractivity contribution in [2.45, 2.75) is 80.3 Å². The number of ether oxygens (including phenoxy) is 1. The number of carbonyl (C=O) groups excluding carboxylic acids is 1. The summed E-state index contributed by atoms with van der Waals surface area (Å²) < 4.78 is 5.55. The number of hydrogen-bond acceptors (Lipinski definition) is 2. The van der Waals surface area contributed by atoms with E-state index in [1.807, 2.05) is 0 Å². The van der Waals surface area contributed by atoms with Crippen LogP contribution < -0.4 is 0 Å². The maximum atomic E-state index is 12.3. The summed E-state index contributed by atoms with van der Waals surface area (Å²) in [4.78, 5) is 12.3. The number of aryl methyl sites for hydroxylation is 2. The Morgan fingerprint density at radius 2 is 1.74 bits per heavy atom. The molecule has 0 spiro atoms. The molecule has 23 heavy (non-hydrogen) atoms. The zero-order valence-corrected chi connectivity index (χ0v) is 15.9. The van der Waals surface area contributed by atoms with E-state index >= 15 is 0 Å². The lowest BCUT2D eigenvalue weighted by atomic mass is 9.78. The summed E-state index contributed by atoms with van der Waals surface area (Å²) in [7, 11) is 0. The largest absolute Gasteiger partial charge is 0.461 e. The van der Waals surface area contributed by atoms with E-state index in [1.54, 1.807) is 0 Å². The first-order chi connectivity index (χ1) is 10.8. The molecule has 1 aromatic rings. The molecule has 0 radical (unpaired) electrons. The summed E-state index contributed by atoms with van der Waals surface area (Å²) in [5.74, 6) is -0.0683. The summed E-state index contributed by atoms with van der Waals surface area (Å²) in [6.07, 6.45) is 5.51. The highest BCUT2D eigenvalue weighted by atomic mass is 16.5. The zero-order chi connectivity index (χ0) is 17.5. The Kier molecular flexibility index (Phi) is 7.81. The molecular formula is C21H34O2. The topological polar surface area (TPSA) is 26.3 Å². The van der Waals surface area contributed by atoms with E-state index in [0.29, 0.717) is 6.61 Å². The monoisotopic (exact) mass is 318 g/mol. The fourth-order valence-electron chi connectivity index (χ4n) is 2.79. The van der Waals surface area contributed by atoms with Gasteiger partial charge in [-0.15, -0.1) is 0 Å². The van der Waals surface area contributed by atoms with Crippen LogP contribution in [0.1, 0.15) is 77.5 Å². The van der Waals surface area contributed by atoms with Gasteiger partial charge < -0.3 is 4.74 Å². The van der Waals surface area contributed by atoms with E-state index in [-0.39, 0.29) is 17.3 Å². The first-order valence-corrected chi connectivity index (χ1v) is 9.10. The first-order valence-electron chi connectivity index (χ1n) is 9.10. The average Bonchev–Trinajstić information content (AvgIpc) is 2.44. The van der Waals surface area contributed by atoms with Gasteiger partial charge in [-0.05, 0) is 41.4 Å². The molecule has 0 fully saturated rings. The number of benzene rings is 1. The lowest BCUT2D eigenvalue weighted by molar-refractivity contribution is -0.154. The predicted octanol–water partition coefficient (Wildman–Crippen LogP) is 5.71. The van der Waals surface area contributed by atoms with Crippen LogP contribution in [0.5, 0.6) is 0 Å². The molecule has 0 amide bonds. The van der Waals surface area contributed by atoms with E-state index in [2.05, 4.69) is 59.7 Å². The van der Waals surface area contributed by atoms with Crippen LogP contribution >= 0.6 is 0 Å². The fraction of sp³-hybridized carbons (Fsp3) is 0.667. The highest BCUT2D eigenvalue weighted by molar-refractivity contribution is 5.73. The molecule has 1 aromatic carbocycles. The minimum atomic E-state index is -0.0537. The molecule has 1 aliphatic carbocycles. The summed E-state index contributed by atoms with van der Waals surface area (Å²) in [6.45, 7) is 13.1. The quantitative estimate of drug-likeness (QED) is 0.650. The Labute approximate surface area is 142 Å². The van der Waals surface area contributed by atoms with Crippen LogP contribution in [0.4, 0.5) is 0 Å². The van der Waals surface area contributed by atoms with Crippen molar-refractivity contribution in [2.75, 3.05) is 0 Å². The van der Waals surface area contributed by atoms with Gasteiger partial charge in [0.15, 0.2) is 0 Å². The van der Waals surface area contributed by atoms with Gasteiger partial charge in [0, 0.05) is 0 Å². The Balaban J connectivity index is 0.000000816. The minimum absolute atomic E-state index is 0.0147. The van der Waals surface area contributed by atoms with E-state index < -0.39 is 0 Å². The third kappa shape index (κ3) is 6.01. The van der Waals surface area contributed by atoms with Crippen LogP contribution in [0.3, 0.4) is 0 Å². The van der Waals surface area contributed by atoms with E-state index in [4.69, 9.17) is 4.74 Å². The normalized spacial score (nSPS) is 14.0. The first kappa shape index (κ1) is 19.7. The van der Waals surface area contributed by atoms with Crippen LogP contribution in [0.25, 0.3) is 0 Å². The minimum Gasteiger partial charge on any atom is -0.461 e. The third-order valence-corrected chi connectivity index (χ3v) is 4.22. The number of fused-ring (bicyclic) bond motifs is 1. The van der Waals surface area contributed by atoms with Gasteiger partial charge in [-0.25, -0.2) is 0 Å². The summed E-state index contributed by atoms with van der Waals surface area (Å²) in [6, 6.07) is 6.42. The van der Waals surface area contributed by atoms with Crippen LogP contribution in [-0.4, -0.2) is 5.97 Å². The van der Waals surface area contributed by atoms with Crippen molar-refractivity contribution in [2.24, 2.45) is 11.3 Å². The van der Waals surface area contributed by atoms with Crippen molar-refractivity contribution in [3.63, 3.8) is 0 Å². The molecule has 130 valence electrons. The molecule has 1 unspecified atom stereocenters. The zero-order valence-electron chi connectivity index (χ0n) is 15.9. The van der Waals surface area contributed by atoms with Crippen molar-refractivity contribution in [3.05, 3.63) is 34.9 Å². The molecule has 2 rings (SSSR count). The van der Waals surface area contributed by atoms with Gasteiger partial charge >= 0.3 is 5.97 Å². The molecule has 0 N–H and O–H groups in total. The standard InChI is InChI=1S/C18H26O2.C3H8/c1-5-6-16(18(2,3)4)17(19)20-12-13-7-8-14-9-10-15(14)11-13;1-3-2/h7-8,11,16H,5-6,9-10,12H2,1-4H3;3H2,1-2H3. The second-order valence-electron chi connectivity index (χ2n) is 7.63. The average molecular weight is 319 g/mol. The molecule has 0 bridgehead atoms. The van der Waals surface area contributed by atoms with Gasteiger partial charge in [0.2, 0.25) is 0 Å². The lowest BCUT2D eigenvalue weighted by Gasteiger charge is -2.28. The second-order valence-corrected chi connectivity index (χ2v) is 7.63. The molecule has 2 heteroatoms. The van der Waals surface area contributed by atoms with Crippen molar-refractivity contribution >= 4 is 5.97 Å². The molecule has 1 aliphatic rings. The molecule has 2 nitrogen and oxygen atoms in total. The molecule has 0 saturated carbocycles. The molecule has 0 saturated heterocycles. The summed E-state index contributed by atoms with van der Waals surface area (Å²) in [5, 5.41) is 0. The maximum absolute atomic E-state index is 12.3. The SMILES string of the molecule is CCC.CCCC(C(=O)OCc1ccc2c(c1)CC2)C(C)(C)C.